The lowest BCUT2D eigenvalue weighted by molar-refractivity contribution is -0.121. The van der Waals surface area contributed by atoms with Crippen LogP contribution in [0.15, 0.2) is 23.6 Å². The average molecular weight is 359 g/mol. The number of anilines is 1. The summed E-state index contributed by atoms with van der Waals surface area (Å²) >= 11 is 12.2. The van der Waals surface area contributed by atoms with Crippen molar-refractivity contribution in [2.75, 3.05) is 5.32 Å². The van der Waals surface area contributed by atoms with Crippen LogP contribution in [0.3, 0.4) is 0 Å². The fourth-order valence-electron chi connectivity index (χ4n) is 1.56. The lowest BCUT2D eigenvalue weighted by Crippen LogP contribution is -2.44. The van der Waals surface area contributed by atoms with Crippen LogP contribution in [-0.2, 0) is 11.2 Å². The third-order valence-electron chi connectivity index (χ3n) is 2.50. The van der Waals surface area contributed by atoms with Crippen molar-refractivity contribution < 1.29 is 9.18 Å². The first-order valence-electron chi connectivity index (χ1n) is 6.16. The van der Waals surface area contributed by atoms with Crippen molar-refractivity contribution >= 4 is 51.9 Å². The Morgan fingerprint density at radius 1 is 1.45 bits per heavy atom. The van der Waals surface area contributed by atoms with Crippen LogP contribution in [0.1, 0.15) is 10.7 Å². The number of thiocarbonyl (C=S) groups is 1. The number of amides is 1. The SMILES string of the molecule is Cc1nc(CC(=O)NNC(=S)Nc2ccc(F)c(Cl)c2)cs1. The van der Waals surface area contributed by atoms with Crippen molar-refractivity contribution in [1.29, 1.82) is 0 Å². The predicted octanol–water partition coefficient (Wildman–Crippen LogP) is 2.80. The van der Waals surface area contributed by atoms with Crippen molar-refractivity contribution in [2.45, 2.75) is 13.3 Å². The van der Waals surface area contributed by atoms with Crippen LogP contribution in [0.25, 0.3) is 0 Å². The smallest absolute Gasteiger partial charge is 0.244 e. The summed E-state index contributed by atoms with van der Waals surface area (Å²) < 4.78 is 13.0. The van der Waals surface area contributed by atoms with Gasteiger partial charge >= 0.3 is 0 Å². The number of rotatable bonds is 3. The Labute approximate surface area is 140 Å². The molecule has 5 nitrogen and oxygen atoms in total. The molecule has 0 spiro atoms. The number of hydrazine groups is 1. The molecule has 0 aliphatic heterocycles. The number of hydrogen-bond acceptors (Lipinski definition) is 4. The summed E-state index contributed by atoms with van der Waals surface area (Å²) in [5, 5.41) is 5.64. The van der Waals surface area contributed by atoms with Gasteiger partial charge in [0.1, 0.15) is 5.82 Å². The molecule has 0 radical (unpaired) electrons. The number of nitrogens with zero attached hydrogens (tertiary/aromatic N) is 1. The van der Waals surface area contributed by atoms with E-state index in [-0.39, 0.29) is 22.5 Å². The molecule has 0 fully saturated rings. The maximum absolute atomic E-state index is 13.0. The average Bonchev–Trinajstić information content (AvgIpc) is 2.86. The highest BCUT2D eigenvalue weighted by atomic mass is 35.5. The van der Waals surface area contributed by atoms with E-state index in [0.29, 0.717) is 11.4 Å². The van der Waals surface area contributed by atoms with E-state index in [9.17, 15) is 9.18 Å². The van der Waals surface area contributed by atoms with Gasteiger partial charge in [0.05, 0.1) is 22.1 Å². The molecule has 22 heavy (non-hydrogen) atoms. The van der Waals surface area contributed by atoms with Crippen molar-refractivity contribution in [3.8, 4) is 0 Å². The molecule has 1 heterocycles. The van der Waals surface area contributed by atoms with Gasteiger partial charge in [0.2, 0.25) is 5.91 Å². The summed E-state index contributed by atoms with van der Waals surface area (Å²) in [4.78, 5) is 15.9. The zero-order valence-corrected chi connectivity index (χ0v) is 13.8. The molecule has 9 heteroatoms. The van der Waals surface area contributed by atoms with Gasteiger partial charge in [-0.3, -0.25) is 15.6 Å². The first kappa shape index (κ1) is 16.6. The molecule has 0 bridgehead atoms. The van der Waals surface area contributed by atoms with E-state index in [4.69, 9.17) is 23.8 Å². The monoisotopic (exact) mass is 358 g/mol. The number of halogens is 2. The first-order chi connectivity index (χ1) is 10.4. The molecule has 2 aromatic rings. The summed E-state index contributed by atoms with van der Waals surface area (Å²) in [6.45, 7) is 1.87. The highest BCUT2D eigenvalue weighted by Crippen LogP contribution is 2.19. The maximum Gasteiger partial charge on any atom is 0.244 e. The molecule has 0 atom stereocenters. The van der Waals surface area contributed by atoms with Crippen molar-refractivity contribution in [1.82, 2.24) is 15.8 Å². The number of benzene rings is 1. The molecule has 1 aromatic carbocycles. The first-order valence-corrected chi connectivity index (χ1v) is 7.82. The molecule has 1 amide bonds. The molecule has 116 valence electrons. The lowest BCUT2D eigenvalue weighted by atomic mass is 10.3. The Balaban J connectivity index is 1.79. The second kappa shape index (κ2) is 7.48. The fourth-order valence-corrected chi connectivity index (χ4v) is 2.52. The summed E-state index contributed by atoms with van der Waals surface area (Å²) in [5.41, 5.74) is 6.21. The molecule has 1 aromatic heterocycles. The minimum absolute atomic E-state index is 0.0178. The van der Waals surface area contributed by atoms with Gasteiger partial charge in [-0.15, -0.1) is 11.3 Å². The van der Waals surface area contributed by atoms with Gasteiger partial charge in [-0.2, -0.15) is 0 Å². The number of aryl methyl sites for hydroxylation is 1. The Hall–Kier alpha value is -1.77. The van der Waals surface area contributed by atoms with Crippen LogP contribution in [0.4, 0.5) is 10.1 Å². The van der Waals surface area contributed by atoms with E-state index in [0.717, 1.165) is 5.01 Å². The topological polar surface area (TPSA) is 66.0 Å². The Morgan fingerprint density at radius 2 is 2.23 bits per heavy atom. The second-order valence-corrected chi connectivity index (χ2v) is 6.17. The van der Waals surface area contributed by atoms with E-state index in [1.807, 2.05) is 12.3 Å². The Morgan fingerprint density at radius 3 is 2.86 bits per heavy atom. The van der Waals surface area contributed by atoms with E-state index in [2.05, 4.69) is 21.2 Å². The predicted molar refractivity (Wildman–Crippen MR) is 89.5 cm³/mol. The zero-order valence-electron chi connectivity index (χ0n) is 11.4. The molecule has 0 saturated carbocycles. The van der Waals surface area contributed by atoms with E-state index < -0.39 is 5.82 Å². The van der Waals surface area contributed by atoms with E-state index in [1.165, 1.54) is 29.5 Å². The molecule has 0 saturated heterocycles. The molecular formula is C13H12ClFN4OS2. The molecule has 3 N–H and O–H groups in total. The normalized spacial score (nSPS) is 10.1. The zero-order chi connectivity index (χ0) is 16.1. The van der Waals surface area contributed by atoms with Crippen LogP contribution < -0.4 is 16.2 Å². The van der Waals surface area contributed by atoms with Gasteiger partial charge in [-0.25, -0.2) is 9.37 Å². The fraction of sp³-hybridized carbons (Fsp3) is 0.154. The molecule has 0 aliphatic rings. The number of aromatic nitrogens is 1. The van der Waals surface area contributed by atoms with Gasteiger partial charge in [0.15, 0.2) is 5.11 Å². The molecular weight excluding hydrogens is 347 g/mol. The number of carbonyl (C=O) groups excluding carboxylic acids is 1. The van der Waals surface area contributed by atoms with Gasteiger partial charge in [0.25, 0.3) is 0 Å². The minimum Gasteiger partial charge on any atom is -0.331 e. The Bertz CT molecular complexity index is 707. The largest absolute Gasteiger partial charge is 0.331 e. The van der Waals surface area contributed by atoms with Gasteiger partial charge in [0, 0.05) is 11.1 Å². The maximum atomic E-state index is 13.0. The highest BCUT2D eigenvalue weighted by Gasteiger charge is 2.07. The third-order valence-corrected chi connectivity index (χ3v) is 3.82. The number of carbonyl (C=O) groups is 1. The summed E-state index contributed by atoms with van der Waals surface area (Å²) in [7, 11) is 0. The standard InChI is InChI=1S/C13H12ClFN4OS2/c1-7-16-9(6-22-7)5-12(20)18-19-13(21)17-8-2-3-11(15)10(14)4-8/h2-4,6H,5H2,1H3,(H,18,20)(H2,17,19,21). The van der Waals surface area contributed by atoms with Crippen molar-refractivity contribution in [3.05, 3.63) is 45.1 Å². The van der Waals surface area contributed by atoms with Crippen LogP contribution in [0, 0.1) is 12.7 Å². The second-order valence-electron chi connectivity index (χ2n) is 4.29. The van der Waals surface area contributed by atoms with E-state index in [1.54, 1.807) is 0 Å². The number of nitrogens with one attached hydrogen (secondary N) is 3. The van der Waals surface area contributed by atoms with Crippen LogP contribution in [-0.4, -0.2) is 16.0 Å². The van der Waals surface area contributed by atoms with E-state index >= 15 is 0 Å². The third kappa shape index (κ3) is 4.90. The van der Waals surface area contributed by atoms with Gasteiger partial charge in [-0.05, 0) is 37.3 Å². The summed E-state index contributed by atoms with van der Waals surface area (Å²) in [5.74, 6) is -0.787. The van der Waals surface area contributed by atoms with Crippen LogP contribution in [0.5, 0.6) is 0 Å². The molecule has 2 rings (SSSR count). The van der Waals surface area contributed by atoms with Gasteiger partial charge < -0.3 is 5.32 Å². The van der Waals surface area contributed by atoms with Crippen LogP contribution >= 0.6 is 35.2 Å². The minimum atomic E-state index is -0.516. The Kier molecular flexibility index (Phi) is 5.64. The number of thiazole rings is 1. The van der Waals surface area contributed by atoms with Gasteiger partial charge in [-0.1, -0.05) is 11.6 Å². The molecule has 0 unspecified atom stereocenters. The molecule has 0 aliphatic carbocycles. The summed E-state index contributed by atoms with van der Waals surface area (Å²) in [6.07, 6.45) is 0.155. The number of hydrogen-bond donors (Lipinski definition) is 3. The summed E-state index contributed by atoms with van der Waals surface area (Å²) in [6, 6.07) is 4.09. The van der Waals surface area contributed by atoms with Crippen molar-refractivity contribution in [2.24, 2.45) is 0 Å². The highest BCUT2D eigenvalue weighted by molar-refractivity contribution is 7.80. The quantitative estimate of drug-likeness (QED) is 0.581. The van der Waals surface area contributed by atoms with Crippen molar-refractivity contribution in [3.63, 3.8) is 0 Å². The van der Waals surface area contributed by atoms with Crippen LogP contribution in [0.2, 0.25) is 5.02 Å². The lowest BCUT2D eigenvalue weighted by Gasteiger charge is -2.11.